The first-order chi connectivity index (χ1) is 12.4. The summed E-state index contributed by atoms with van der Waals surface area (Å²) in [4.78, 5) is 4.88. The highest BCUT2D eigenvalue weighted by atomic mass is 32.2. The van der Waals surface area contributed by atoms with Crippen molar-refractivity contribution in [2.24, 2.45) is 4.99 Å². The summed E-state index contributed by atoms with van der Waals surface area (Å²) in [6.45, 7) is 7.48. The Hall–Kier alpha value is -1.98. The van der Waals surface area contributed by atoms with Crippen LogP contribution in [0.4, 0.5) is 5.69 Å². The van der Waals surface area contributed by atoms with E-state index in [0.717, 1.165) is 30.5 Å². The summed E-state index contributed by atoms with van der Waals surface area (Å²) < 4.78 is 27.0. The van der Waals surface area contributed by atoms with Gasteiger partial charge in [0.1, 0.15) is 0 Å². The van der Waals surface area contributed by atoms with Crippen molar-refractivity contribution in [3.8, 4) is 0 Å². The number of sulfonamides is 1. The molecular formula is C21H26N2O2S. The molecule has 1 heterocycles. The second-order valence-electron chi connectivity index (χ2n) is 7.03. The molecule has 1 aliphatic heterocycles. The number of rotatable bonds is 4. The van der Waals surface area contributed by atoms with Crippen LogP contribution in [-0.4, -0.2) is 32.0 Å². The molecule has 0 aliphatic carbocycles. The van der Waals surface area contributed by atoms with E-state index in [1.165, 1.54) is 16.7 Å². The van der Waals surface area contributed by atoms with Crippen LogP contribution in [0.2, 0.25) is 0 Å². The largest absolute Gasteiger partial charge is 0.256 e. The van der Waals surface area contributed by atoms with Gasteiger partial charge in [-0.25, -0.2) is 8.42 Å². The third-order valence-electron chi connectivity index (χ3n) is 4.87. The van der Waals surface area contributed by atoms with Gasteiger partial charge in [-0.15, -0.1) is 0 Å². The molecular weight excluding hydrogens is 344 g/mol. The average Bonchev–Trinajstić information content (AvgIpc) is 2.62. The molecule has 3 rings (SSSR count). The minimum atomic E-state index is -3.38. The third-order valence-corrected chi connectivity index (χ3v) is 6.78. The molecule has 4 nitrogen and oxygen atoms in total. The smallest absolute Gasteiger partial charge is 0.243 e. The predicted octanol–water partition coefficient (Wildman–Crippen LogP) is 4.54. The van der Waals surface area contributed by atoms with E-state index < -0.39 is 10.0 Å². The van der Waals surface area contributed by atoms with Crippen LogP contribution in [-0.2, 0) is 10.0 Å². The Bertz CT molecular complexity index is 887. The molecule has 0 atom stereocenters. The number of nitrogens with zero attached hydrogens (tertiary/aromatic N) is 2. The van der Waals surface area contributed by atoms with Gasteiger partial charge in [-0.2, -0.15) is 4.31 Å². The summed E-state index contributed by atoms with van der Waals surface area (Å²) in [7, 11) is -3.38. The van der Waals surface area contributed by atoms with Crippen LogP contribution < -0.4 is 0 Å². The van der Waals surface area contributed by atoms with Gasteiger partial charge in [-0.1, -0.05) is 24.1 Å². The van der Waals surface area contributed by atoms with Crippen molar-refractivity contribution >= 4 is 21.9 Å². The van der Waals surface area contributed by atoms with Gasteiger partial charge in [0.05, 0.1) is 10.6 Å². The molecule has 1 fully saturated rings. The Kier molecular flexibility index (Phi) is 5.58. The highest BCUT2D eigenvalue weighted by Crippen LogP contribution is 2.23. The van der Waals surface area contributed by atoms with Gasteiger partial charge in [-0.05, 0) is 74.6 Å². The van der Waals surface area contributed by atoms with Crippen molar-refractivity contribution in [1.82, 2.24) is 4.31 Å². The molecule has 2 aromatic rings. The molecule has 0 N–H and O–H groups in total. The summed E-state index contributed by atoms with van der Waals surface area (Å²) in [6.07, 6.45) is 4.85. The Labute approximate surface area is 156 Å². The molecule has 0 radical (unpaired) electrons. The van der Waals surface area contributed by atoms with Crippen molar-refractivity contribution in [3.05, 3.63) is 58.7 Å². The molecule has 0 saturated carbocycles. The first kappa shape index (κ1) is 18.8. The zero-order valence-corrected chi connectivity index (χ0v) is 16.5. The lowest BCUT2D eigenvalue weighted by atomic mass is 10.0. The van der Waals surface area contributed by atoms with E-state index >= 15 is 0 Å². The normalized spacial score (nSPS) is 16.3. The lowest BCUT2D eigenvalue weighted by Gasteiger charge is -2.25. The molecule has 2 aromatic carbocycles. The fraction of sp³-hybridized carbons (Fsp3) is 0.381. The highest BCUT2D eigenvalue weighted by molar-refractivity contribution is 7.89. The summed E-state index contributed by atoms with van der Waals surface area (Å²) in [5, 5.41) is 0. The zero-order valence-electron chi connectivity index (χ0n) is 15.7. The molecule has 0 amide bonds. The van der Waals surface area contributed by atoms with Gasteiger partial charge in [0.15, 0.2) is 0 Å². The van der Waals surface area contributed by atoms with Crippen molar-refractivity contribution in [2.45, 2.75) is 44.9 Å². The fourth-order valence-electron chi connectivity index (χ4n) is 3.49. The molecule has 0 aromatic heterocycles. The van der Waals surface area contributed by atoms with Crippen molar-refractivity contribution in [1.29, 1.82) is 0 Å². The minimum Gasteiger partial charge on any atom is -0.256 e. The lowest BCUT2D eigenvalue weighted by molar-refractivity contribution is 0.346. The third kappa shape index (κ3) is 4.05. The topological polar surface area (TPSA) is 49.7 Å². The van der Waals surface area contributed by atoms with Crippen LogP contribution in [0.5, 0.6) is 0 Å². The Morgan fingerprint density at radius 1 is 0.923 bits per heavy atom. The van der Waals surface area contributed by atoms with Gasteiger partial charge < -0.3 is 0 Å². The quantitative estimate of drug-likeness (QED) is 0.742. The van der Waals surface area contributed by atoms with Crippen molar-refractivity contribution in [2.75, 3.05) is 13.1 Å². The molecule has 0 spiro atoms. The van der Waals surface area contributed by atoms with Gasteiger partial charge in [0, 0.05) is 19.3 Å². The molecule has 1 aliphatic rings. The molecule has 5 heteroatoms. The van der Waals surface area contributed by atoms with Gasteiger partial charge >= 0.3 is 0 Å². The average molecular weight is 371 g/mol. The van der Waals surface area contributed by atoms with E-state index in [9.17, 15) is 8.42 Å². The SMILES string of the molecule is Cc1cc(C)c(C=Nc2ccc(S(=O)(=O)N3CCCCC3)cc2)c(C)c1. The van der Waals surface area contributed by atoms with Gasteiger partial charge in [0.2, 0.25) is 10.0 Å². The fourth-order valence-corrected chi connectivity index (χ4v) is 5.01. The monoisotopic (exact) mass is 370 g/mol. The maximum atomic E-state index is 12.7. The number of aryl methyl sites for hydroxylation is 3. The minimum absolute atomic E-state index is 0.348. The Balaban J connectivity index is 1.80. The first-order valence-electron chi connectivity index (χ1n) is 9.10. The van der Waals surface area contributed by atoms with Gasteiger partial charge in [0.25, 0.3) is 0 Å². The standard InChI is InChI=1S/C21H26N2O2S/c1-16-13-17(2)21(18(3)14-16)15-22-19-7-9-20(10-8-19)26(24,25)23-11-5-4-6-12-23/h7-10,13-15H,4-6,11-12H2,1-3H3. The Morgan fingerprint density at radius 2 is 1.50 bits per heavy atom. The summed E-state index contributed by atoms with van der Waals surface area (Å²) in [5.74, 6) is 0. The molecule has 0 unspecified atom stereocenters. The molecule has 0 bridgehead atoms. The second kappa shape index (κ2) is 7.72. The maximum Gasteiger partial charge on any atom is 0.243 e. The number of piperidine rings is 1. The van der Waals surface area contributed by atoms with E-state index in [0.29, 0.717) is 18.0 Å². The second-order valence-corrected chi connectivity index (χ2v) is 8.97. The van der Waals surface area contributed by atoms with Crippen LogP contribution in [0.15, 0.2) is 46.3 Å². The summed E-state index contributed by atoms with van der Waals surface area (Å²) >= 11 is 0. The van der Waals surface area contributed by atoms with Gasteiger partial charge in [-0.3, -0.25) is 4.99 Å². The highest BCUT2D eigenvalue weighted by Gasteiger charge is 2.25. The number of benzene rings is 2. The van der Waals surface area contributed by atoms with E-state index in [1.54, 1.807) is 28.6 Å². The lowest BCUT2D eigenvalue weighted by Crippen LogP contribution is -2.35. The van der Waals surface area contributed by atoms with E-state index in [2.05, 4.69) is 37.9 Å². The van der Waals surface area contributed by atoms with Crippen molar-refractivity contribution < 1.29 is 8.42 Å². The molecule has 138 valence electrons. The van der Waals surface area contributed by atoms with Crippen LogP contribution in [0.1, 0.15) is 41.5 Å². The summed E-state index contributed by atoms with van der Waals surface area (Å²) in [6, 6.07) is 11.1. The van der Waals surface area contributed by atoms with E-state index in [-0.39, 0.29) is 0 Å². The number of hydrogen-bond donors (Lipinski definition) is 0. The summed E-state index contributed by atoms with van der Waals surface area (Å²) in [5.41, 5.74) is 5.48. The molecule has 1 saturated heterocycles. The maximum absolute atomic E-state index is 12.7. The Morgan fingerprint density at radius 3 is 2.08 bits per heavy atom. The van der Waals surface area contributed by atoms with Crippen LogP contribution in [0, 0.1) is 20.8 Å². The zero-order chi connectivity index (χ0) is 18.7. The first-order valence-corrected chi connectivity index (χ1v) is 10.5. The van der Waals surface area contributed by atoms with Crippen molar-refractivity contribution in [3.63, 3.8) is 0 Å². The van der Waals surface area contributed by atoms with Crippen LogP contribution in [0.3, 0.4) is 0 Å². The number of aliphatic imine (C=N–C) groups is 1. The molecule has 26 heavy (non-hydrogen) atoms. The van der Waals surface area contributed by atoms with Crippen LogP contribution in [0.25, 0.3) is 0 Å². The number of hydrogen-bond acceptors (Lipinski definition) is 3. The van der Waals surface area contributed by atoms with E-state index in [4.69, 9.17) is 0 Å². The predicted molar refractivity (Wildman–Crippen MR) is 107 cm³/mol. The van der Waals surface area contributed by atoms with E-state index in [1.807, 2.05) is 6.21 Å². The van der Waals surface area contributed by atoms with Crippen LogP contribution >= 0.6 is 0 Å².